The lowest BCUT2D eigenvalue weighted by molar-refractivity contribution is -0.155. The summed E-state index contributed by atoms with van der Waals surface area (Å²) in [5, 5.41) is 2.78. The Morgan fingerprint density at radius 2 is 1.94 bits per heavy atom. The molecule has 2 atom stereocenters. The average molecular weight is 240 g/mol. The van der Waals surface area contributed by atoms with Crippen LogP contribution in [0.1, 0.15) is 53.9 Å². The molecule has 0 aromatic rings. The molecule has 4 heteroatoms. The van der Waals surface area contributed by atoms with Crippen LogP contribution in [0.5, 0.6) is 0 Å². The minimum atomic E-state index is -0.773. The fourth-order valence-corrected chi connectivity index (χ4v) is 2.45. The normalized spacial score (nSPS) is 25.7. The number of rotatable bonds is 4. The fourth-order valence-electron chi connectivity index (χ4n) is 2.45. The molecular formula is C13H24N2O2. The van der Waals surface area contributed by atoms with Crippen molar-refractivity contribution in [3.05, 3.63) is 0 Å². The molecule has 2 unspecified atom stereocenters. The number of hydrogen-bond donors (Lipinski definition) is 1. The maximum atomic E-state index is 12.4. The third-order valence-electron chi connectivity index (χ3n) is 3.49. The van der Waals surface area contributed by atoms with Crippen molar-refractivity contribution >= 4 is 11.8 Å². The summed E-state index contributed by atoms with van der Waals surface area (Å²) in [6, 6.07) is -0.181. The Hall–Kier alpha value is -1.06. The molecule has 1 aliphatic heterocycles. The minimum absolute atomic E-state index is 0.0323. The monoisotopic (exact) mass is 240 g/mol. The molecule has 0 saturated carbocycles. The predicted octanol–water partition coefficient (Wildman–Crippen LogP) is 1.69. The summed E-state index contributed by atoms with van der Waals surface area (Å²) in [7, 11) is 0. The number of piperazine rings is 1. The molecule has 0 radical (unpaired) electrons. The Bertz CT molecular complexity index is 313. The fraction of sp³-hybridized carbons (Fsp3) is 0.846. The molecule has 2 amide bonds. The lowest BCUT2D eigenvalue weighted by atomic mass is 9.93. The molecule has 17 heavy (non-hydrogen) atoms. The van der Waals surface area contributed by atoms with Crippen molar-refractivity contribution in [1.82, 2.24) is 10.2 Å². The van der Waals surface area contributed by atoms with Crippen LogP contribution in [0.3, 0.4) is 0 Å². The van der Waals surface area contributed by atoms with Crippen molar-refractivity contribution in [1.29, 1.82) is 0 Å². The summed E-state index contributed by atoms with van der Waals surface area (Å²) in [5.74, 6) is -0.0194. The first kappa shape index (κ1) is 14.0. The number of nitrogens with zero attached hydrogens (tertiary/aromatic N) is 1. The van der Waals surface area contributed by atoms with Gasteiger partial charge in [0.1, 0.15) is 11.6 Å². The van der Waals surface area contributed by atoms with E-state index in [4.69, 9.17) is 0 Å². The highest BCUT2D eigenvalue weighted by Gasteiger charge is 2.45. The van der Waals surface area contributed by atoms with Gasteiger partial charge in [0, 0.05) is 6.04 Å². The van der Waals surface area contributed by atoms with Gasteiger partial charge in [-0.05, 0) is 33.6 Å². The van der Waals surface area contributed by atoms with Gasteiger partial charge in [-0.1, -0.05) is 20.3 Å². The second-order valence-electron chi connectivity index (χ2n) is 5.35. The predicted molar refractivity (Wildman–Crippen MR) is 67.5 cm³/mol. The lowest BCUT2D eigenvalue weighted by Gasteiger charge is -2.45. The van der Waals surface area contributed by atoms with Gasteiger partial charge in [0.2, 0.25) is 11.8 Å². The van der Waals surface area contributed by atoms with E-state index in [9.17, 15) is 9.59 Å². The van der Waals surface area contributed by atoms with E-state index in [0.29, 0.717) is 0 Å². The van der Waals surface area contributed by atoms with Gasteiger partial charge < -0.3 is 10.2 Å². The first-order chi connectivity index (χ1) is 7.85. The Kier molecular flexibility index (Phi) is 4.17. The van der Waals surface area contributed by atoms with E-state index < -0.39 is 5.54 Å². The number of carbonyl (C=O) groups is 2. The van der Waals surface area contributed by atoms with Crippen molar-refractivity contribution < 1.29 is 9.59 Å². The van der Waals surface area contributed by atoms with Crippen LogP contribution in [-0.4, -0.2) is 34.3 Å². The van der Waals surface area contributed by atoms with Gasteiger partial charge in [0.05, 0.1) is 0 Å². The minimum Gasteiger partial charge on any atom is -0.340 e. The topological polar surface area (TPSA) is 49.4 Å². The quantitative estimate of drug-likeness (QED) is 0.813. The van der Waals surface area contributed by atoms with Gasteiger partial charge in [0.25, 0.3) is 0 Å². The van der Waals surface area contributed by atoms with Crippen LogP contribution >= 0.6 is 0 Å². The summed E-state index contributed by atoms with van der Waals surface area (Å²) >= 11 is 0. The molecule has 0 aliphatic carbocycles. The smallest absolute Gasteiger partial charge is 0.248 e. The molecule has 1 N–H and O–H groups in total. The van der Waals surface area contributed by atoms with Crippen molar-refractivity contribution in [2.24, 2.45) is 0 Å². The van der Waals surface area contributed by atoms with Crippen molar-refractivity contribution in [2.45, 2.75) is 71.5 Å². The zero-order chi connectivity index (χ0) is 13.2. The number of hydrogen-bond acceptors (Lipinski definition) is 2. The molecule has 1 heterocycles. The van der Waals surface area contributed by atoms with Gasteiger partial charge in [-0.3, -0.25) is 9.59 Å². The maximum Gasteiger partial charge on any atom is 0.248 e. The third-order valence-corrected chi connectivity index (χ3v) is 3.49. The van der Waals surface area contributed by atoms with Gasteiger partial charge in [-0.25, -0.2) is 0 Å². The molecule has 0 aromatic heterocycles. The molecule has 0 aromatic carbocycles. The first-order valence-corrected chi connectivity index (χ1v) is 6.49. The van der Waals surface area contributed by atoms with Gasteiger partial charge in [0.15, 0.2) is 0 Å². The average Bonchev–Trinajstić information content (AvgIpc) is 2.25. The summed E-state index contributed by atoms with van der Waals surface area (Å²) in [6.07, 6.45) is 2.88. The van der Waals surface area contributed by atoms with Crippen LogP contribution < -0.4 is 5.32 Å². The number of nitrogens with one attached hydrogen (secondary N) is 1. The van der Waals surface area contributed by atoms with Crippen molar-refractivity contribution in [3.63, 3.8) is 0 Å². The SMILES string of the molecule is CCCC(CC)N1C(=O)C(C)(C)NC(=O)C1C. The highest BCUT2D eigenvalue weighted by Crippen LogP contribution is 2.23. The summed E-state index contributed by atoms with van der Waals surface area (Å²) in [4.78, 5) is 26.1. The largest absolute Gasteiger partial charge is 0.340 e. The van der Waals surface area contributed by atoms with Crippen LogP contribution in [0.25, 0.3) is 0 Å². The van der Waals surface area contributed by atoms with E-state index in [0.717, 1.165) is 19.3 Å². The van der Waals surface area contributed by atoms with E-state index in [2.05, 4.69) is 19.2 Å². The van der Waals surface area contributed by atoms with Crippen LogP contribution in [-0.2, 0) is 9.59 Å². The zero-order valence-corrected chi connectivity index (χ0v) is 11.5. The molecule has 98 valence electrons. The van der Waals surface area contributed by atoms with Crippen LogP contribution in [0.4, 0.5) is 0 Å². The van der Waals surface area contributed by atoms with E-state index in [1.807, 2.05) is 0 Å². The molecule has 1 saturated heterocycles. The molecule has 4 nitrogen and oxygen atoms in total. The van der Waals surface area contributed by atoms with Gasteiger partial charge in [-0.15, -0.1) is 0 Å². The third kappa shape index (κ3) is 2.61. The summed E-state index contributed by atoms with van der Waals surface area (Å²) in [6.45, 7) is 9.52. The molecule has 1 fully saturated rings. The first-order valence-electron chi connectivity index (χ1n) is 6.49. The maximum absolute atomic E-state index is 12.4. The van der Waals surface area contributed by atoms with Crippen LogP contribution in [0.2, 0.25) is 0 Å². The Morgan fingerprint density at radius 3 is 2.41 bits per heavy atom. The molecule has 1 rings (SSSR count). The standard InChI is InChI=1S/C13H24N2O2/c1-6-8-10(7-2)15-9(3)11(16)14-13(4,5)12(15)17/h9-10H,6-8H2,1-5H3,(H,14,16). The van der Waals surface area contributed by atoms with Crippen LogP contribution in [0.15, 0.2) is 0 Å². The Balaban J connectivity index is 3.00. The molecular weight excluding hydrogens is 216 g/mol. The summed E-state index contributed by atoms with van der Waals surface area (Å²) < 4.78 is 0. The highest BCUT2D eigenvalue weighted by molar-refractivity contribution is 5.99. The van der Waals surface area contributed by atoms with Gasteiger partial charge in [-0.2, -0.15) is 0 Å². The van der Waals surface area contributed by atoms with Crippen LogP contribution in [0, 0.1) is 0 Å². The number of carbonyl (C=O) groups excluding carboxylic acids is 2. The van der Waals surface area contributed by atoms with Crippen molar-refractivity contribution in [2.75, 3.05) is 0 Å². The Morgan fingerprint density at radius 1 is 1.35 bits per heavy atom. The lowest BCUT2D eigenvalue weighted by Crippen LogP contribution is -2.69. The Labute approximate surface area is 104 Å². The van der Waals surface area contributed by atoms with E-state index in [1.165, 1.54) is 0 Å². The number of amides is 2. The van der Waals surface area contributed by atoms with E-state index in [1.54, 1.807) is 25.7 Å². The second kappa shape index (κ2) is 5.07. The molecule has 0 spiro atoms. The van der Waals surface area contributed by atoms with E-state index >= 15 is 0 Å². The van der Waals surface area contributed by atoms with Crippen molar-refractivity contribution in [3.8, 4) is 0 Å². The van der Waals surface area contributed by atoms with E-state index in [-0.39, 0.29) is 23.9 Å². The highest BCUT2D eigenvalue weighted by atomic mass is 16.2. The summed E-state index contributed by atoms with van der Waals surface area (Å²) in [5.41, 5.74) is -0.773. The second-order valence-corrected chi connectivity index (χ2v) is 5.35. The molecule has 0 bridgehead atoms. The molecule has 1 aliphatic rings. The zero-order valence-electron chi connectivity index (χ0n) is 11.5. The van der Waals surface area contributed by atoms with Gasteiger partial charge >= 0.3 is 0 Å².